The molecule has 0 bridgehead atoms. The first-order valence-corrected chi connectivity index (χ1v) is 9.29. The smallest absolute Gasteiger partial charge is 0.270 e. The van der Waals surface area contributed by atoms with Gasteiger partial charge in [-0.15, -0.1) is 0 Å². The summed E-state index contributed by atoms with van der Waals surface area (Å²) in [5, 5.41) is 6.06. The van der Waals surface area contributed by atoms with Crippen LogP contribution in [-0.2, 0) is 12.8 Å². The van der Waals surface area contributed by atoms with Crippen molar-refractivity contribution in [1.82, 2.24) is 15.3 Å². The molecule has 2 N–H and O–H groups in total. The van der Waals surface area contributed by atoms with Crippen molar-refractivity contribution in [2.24, 2.45) is 0 Å². The molecule has 0 aliphatic heterocycles. The van der Waals surface area contributed by atoms with Crippen LogP contribution in [0.4, 0.5) is 15.9 Å². The van der Waals surface area contributed by atoms with Crippen molar-refractivity contribution in [2.75, 3.05) is 11.9 Å². The normalized spacial score (nSPS) is 10.5. The number of benzene rings is 2. The maximum atomic E-state index is 13.7. The summed E-state index contributed by atoms with van der Waals surface area (Å²) in [4.78, 5) is 21.1. The third-order valence-corrected chi connectivity index (χ3v) is 4.37. The molecule has 2 aromatic carbocycles. The number of anilines is 2. The summed E-state index contributed by atoms with van der Waals surface area (Å²) in [5.74, 6) is 0.482. The zero-order chi connectivity index (χ0) is 19.9. The molecule has 0 atom stereocenters. The number of para-hydroxylation sites is 1. The van der Waals surface area contributed by atoms with Crippen molar-refractivity contribution in [3.8, 4) is 0 Å². The van der Waals surface area contributed by atoms with Crippen molar-refractivity contribution >= 4 is 17.4 Å². The van der Waals surface area contributed by atoms with Gasteiger partial charge in [0.25, 0.3) is 5.91 Å². The van der Waals surface area contributed by atoms with Crippen molar-refractivity contribution in [1.29, 1.82) is 0 Å². The molecule has 0 aliphatic carbocycles. The first kappa shape index (κ1) is 19.5. The Morgan fingerprint density at radius 2 is 1.75 bits per heavy atom. The molecule has 1 amide bonds. The Hall–Kier alpha value is -3.28. The van der Waals surface area contributed by atoms with Gasteiger partial charge in [-0.2, -0.15) is 0 Å². The molecule has 3 aromatic rings. The van der Waals surface area contributed by atoms with Gasteiger partial charge in [0.05, 0.1) is 0 Å². The number of nitrogens with zero attached hydrogens (tertiary/aromatic N) is 2. The molecule has 6 heteroatoms. The molecular formula is C22H23FN4O. The van der Waals surface area contributed by atoms with E-state index in [1.54, 1.807) is 31.2 Å². The predicted octanol–water partition coefficient (Wildman–Crippen LogP) is 4.20. The molecule has 144 valence electrons. The van der Waals surface area contributed by atoms with E-state index in [9.17, 15) is 9.18 Å². The van der Waals surface area contributed by atoms with Crippen molar-refractivity contribution in [3.63, 3.8) is 0 Å². The lowest BCUT2D eigenvalue weighted by Crippen LogP contribution is -2.27. The summed E-state index contributed by atoms with van der Waals surface area (Å²) in [5.41, 5.74) is 2.96. The van der Waals surface area contributed by atoms with Crippen molar-refractivity contribution in [3.05, 3.63) is 83.1 Å². The van der Waals surface area contributed by atoms with Crippen molar-refractivity contribution in [2.45, 2.75) is 26.7 Å². The van der Waals surface area contributed by atoms with Gasteiger partial charge in [-0.3, -0.25) is 4.79 Å². The van der Waals surface area contributed by atoms with Gasteiger partial charge >= 0.3 is 0 Å². The third kappa shape index (κ3) is 4.91. The van der Waals surface area contributed by atoms with E-state index < -0.39 is 0 Å². The molecule has 0 saturated heterocycles. The number of aromatic nitrogens is 2. The second-order valence-electron chi connectivity index (χ2n) is 6.42. The highest BCUT2D eigenvalue weighted by Gasteiger charge is 2.11. The van der Waals surface area contributed by atoms with E-state index in [1.807, 2.05) is 24.3 Å². The Morgan fingerprint density at radius 3 is 2.50 bits per heavy atom. The van der Waals surface area contributed by atoms with Crippen LogP contribution < -0.4 is 10.6 Å². The summed E-state index contributed by atoms with van der Waals surface area (Å²) in [6.45, 7) is 4.15. The standard InChI is InChI=1S/C22H23FN4O/c1-3-16-8-5-7-11-19(16)27-21-14-20(25-15(2)26-21)22(28)24-13-12-17-9-4-6-10-18(17)23/h4-11,14H,3,12-13H2,1-2H3,(H,24,28)(H,25,26,27). The number of aryl methyl sites for hydroxylation is 2. The van der Waals surface area contributed by atoms with Crippen LogP contribution in [0.25, 0.3) is 0 Å². The summed E-state index contributed by atoms with van der Waals surface area (Å²) in [6, 6.07) is 16.1. The van der Waals surface area contributed by atoms with Crippen LogP contribution in [-0.4, -0.2) is 22.4 Å². The van der Waals surface area contributed by atoms with E-state index >= 15 is 0 Å². The fourth-order valence-electron chi connectivity index (χ4n) is 2.94. The van der Waals surface area contributed by atoms with Crippen LogP contribution in [0.3, 0.4) is 0 Å². The zero-order valence-corrected chi connectivity index (χ0v) is 16.0. The van der Waals surface area contributed by atoms with Gasteiger partial charge in [0.1, 0.15) is 23.2 Å². The highest BCUT2D eigenvalue weighted by molar-refractivity contribution is 5.93. The summed E-state index contributed by atoms with van der Waals surface area (Å²) >= 11 is 0. The van der Waals surface area contributed by atoms with E-state index in [0.717, 1.165) is 17.7 Å². The lowest BCUT2D eigenvalue weighted by Gasteiger charge is -2.12. The van der Waals surface area contributed by atoms with E-state index in [-0.39, 0.29) is 17.4 Å². The molecule has 0 radical (unpaired) electrons. The molecule has 28 heavy (non-hydrogen) atoms. The number of hydrogen-bond donors (Lipinski definition) is 2. The van der Waals surface area contributed by atoms with Gasteiger partial charge in [0.2, 0.25) is 0 Å². The van der Waals surface area contributed by atoms with Crippen LogP contribution in [0.15, 0.2) is 54.6 Å². The zero-order valence-electron chi connectivity index (χ0n) is 16.0. The Morgan fingerprint density at radius 1 is 1.04 bits per heavy atom. The SMILES string of the molecule is CCc1ccccc1Nc1cc(C(=O)NCCc2ccccc2F)nc(C)n1. The maximum absolute atomic E-state index is 13.7. The van der Waals surface area contributed by atoms with Gasteiger partial charge in [-0.05, 0) is 43.0 Å². The predicted molar refractivity (Wildman–Crippen MR) is 108 cm³/mol. The number of carbonyl (C=O) groups is 1. The number of halogens is 1. The first-order chi connectivity index (χ1) is 13.6. The second-order valence-corrected chi connectivity index (χ2v) is 6.42. The molecule has 3 rings (SSSR count). The topological polar surface area (TPSA) is 66.9 Å². The number of nitrogens with one attached hydrogen (secondary N) is 2. The average molecular weight is 378 g/mol. The van der Waals surface area contributed by atoms with Crippen LogP contribution >= 0.6 is 0 Å². The molecule has 0 unspecified atom stereocenters. The number of rotatable bonds is 7. The fraction of sp³-hybridized carbons (Fsp3) is 0.227. The van der Waals surface area contributed by atoms with E-state index in [2.05, 4.69) is 27.5 Å². The summed E-state index contributed by atoms with van der Waals surface area (Å²) < 4.78 is 13.7. The minimum atomic E-state index is -0.311. The number of carbonyl (C=O) groups excluding carboxylic acids is 1. The van der Waals surface area contributed by atoms with Crippen LogP contribution in [0.5, 0.6) is 0 Å². The minimum absolute atomic E-state index is 0.268. The highest BCUT2D eigenvalue weighted by Crippen LogP contribution is 2.20. The van der Waals surface area contributed by atoms with Crippen LogP contribution in [0, 0.1) is 12.7 Å². The molecule has 0 spiro atoms. The third-order valence-electron chi connectivity index (χ3n) is 4.37. The molecule has 1 heterocycles. The Labute approximate surface area is 164 Å². The van der Waals surface area contributed by atoms with Crippen LogP contribution in [0.2, 0.25) is 0 Å². The lowest BCUT2D eigenvalue weighted by atomic mass is 10.1. The molecule has 0 saturated carbocycles. The minimum Gasteiger partial charge on any atom is -0.350 e. The van der Waals surface area contributed by atoms with E-state index in [0.29, 0.717) is 30.2 Å². The maximum Gasteiger partial charge on any atom is 0.270 e. The molecular weight excluding hydrogens is 355 g/mol. The molecule has 0 aliphatic rings. The van der Waals surface area contributed by atoms with E-state index in [4.69, 9.17) is 0 Å². The largest absolute Gasteiger partial charge is 0.350 e. The number of amides is 1. The van der Waals surface area contributed by atoms with Crippen molar-refractivity contribution < 1.29 is 9.18 Å². The Bertz CT molecular complexity index is 974. The highest BCUT2D eigenvalue weighted by atomic mass is 19.1. The van der Waals surface area contributed by atoms with Crippen LogP contribution in [0.1, 0.15) is 34.4 Å². The Kier molecular flexibility index (Phi) is 6.32. The number of hydrogen-bond acceptors (Lipinski definition) is 4. The van der Waals surface area contributed by atoms with Gasteiger partial charge < -0.3 is 10.6 Å². The fourth-order valence-corrected chi connectivity index (χ4v) is 2.94. The average Bonchev–Trinajstić information content (AvgIpc) is 2.69. The van der Waals surface area contributed by atoms with Gasteiger partial charge in [-0.1, -0.05) is 43.3 Å². The second kappa shape index (κ2) is 9.08. The lowest BCUT2D eigenvalue weighted by molar-refractivity contribution is 0.0948. The van der Waals surface area contributed by atoms with Gasteiger partial charge in [0, 0.05) is 18.3 Å². The molecule has 5 nitrogen and oxygen atoms in total. The van der Waals surface area contributed by atoms with E-state index in [1.165, 1.54) is 6.07 Å². The first-order valence-electron chi connectivity index (χ1n) is 9.29. The Balaban J connectivity index is 1.68. The molecule has 0 fully saturated rings. The summed E-state index contributed by atoms with van der Waals surface area (Å²) in [6.07, 6.45) is 1.30. The van der Waals surface area contributed by atoms with Gasteiger partial charge in [-0.25, -0.2) is 14.4 Å². The monoisotopic (exact) mass is 378 g/mol. The van der Waals surface area contributed by atoms with Gasteiger partial charge in [0.15, 0.2) is 0 Å². The quantitative estimate of drug-likeness (QED) is 0.647. The molecule has 1 aromatic heterocycles. The summed E-state index contributed by atoms with van der Waals surface area (Å²) in [7, 11) is 0.